The lowest BCUT2D eigenvalue weighted by atomic mass is 10.3. The molecule has 0 aliphatic carbocycles. The van der Waals surface area contributed by atoms with Crippen molar-refractivity contribution in [1.29, 1.82) is 5.41 Å². The third-order valence-corrected chi connectivity index (χ3v) is 1.47. The molecule has 0 amide bonds. The number of rotatable bonds is 6. The Labute approximate surface area is 69.1 Å². The number of nitrogens with two attached hydrogens (primary N) is 1. The highest BCUT2D eigenvalue weighted by Gasteiger charge is 2.02. The SMILES string of the molecule is CCCN(CCC)CC(=N)N. The number of nitrogens with one attached hydrogen (secondary N) is 1. The highest BCUT2D eigenvalue weighted by molar-refractivity contribution is 5.78. The molecule has 0 aliphatic rings. The fraction of sp³-hybridized carbons (Fsp3) is 0.875. The van der Waals surface area contributed by atoms with E-state index in [1.165, 1.54) is 0 Å². The maximum absolute atomic E-state index is 7.12. The third-order valence-electron chi connectivity index (χ3n) is 1.47. The van der Waals surface area contributed by atoms with E-state index in [4.69, 9.17) is 11.1 Å². The molecule has 66 valence electrons. The molecule has 0 saturated heterocycles. The zero-order chi connectivity index (χ0) is 8.69. The molecule has 0 saturated carbocycles. The number of nitrogens with zero attached hydrogens (tertiary/aromatic N) is 1. The minimum atomic E-state index is 0.270. The van der Waals surface area contributed by atoms with Crippen molar-refractivity contribution in [3.05, 3.63) is 0 Å². The van der Waals surface area contributed by atoms with Crippen LogP contribution in [0.5, 0.6) is 0 Å². The van der Waals surface area contributed by atoms with Gasteiger partial charge in [0.05, 0.1) is 6.54 Å². The molecule has 3 heteroatoms. The Morgan fingerprint density at radius 3 is 2.00 bits per heavy atom. The van der Waals surface area contributed by atoms with E-state index in [0.29, 0.717) is 6.54 Å². The number of hydrogen-bond acceptors (Lipinski definition) is 2. The molecule has 0 heterocycles. The first-order valence-corrected chi connectivity index (χ1v) is 4.26. The molecule has 0 atom stereocenters. The topological polar surface area (TPSA) is 53.1 Å². The Kier molecular flexibility index (Phi) is 5.84. The van der Waals surface area contributed by atoms with Gasteiger partial charge < -0.3 is 5.73 Å². The van der Waals surface area contributed by atoms with E-state index in [1.807, 2.05) is 0 Å². The summed E-state index contributed by atoms with van der Waals surface area (Å²) in [4.78, 5) is 2.21. The van der Waals surface area contributed by atoms with Gasteiger partial charge in [0, 0.05) is 0 Å². The molecule has 0 unspecified atom stereocenters. The van der Waals surface area contributed by atoms with Crippen LogP contribution >= 0.6 is 0 Å². The van der Waals surface area contributed by atoms with Crippen LogP contribution < -0.4 is 5.73 Å². The van der Waals surface area contributed by atoms with E-state index in [1.54, 1.807) is 0 Å². The van der Waals surface area contributed by atoms with Crippen molar-refractivity contribution in [1.82, 2.24) is 4.90 Å². The molecule has 11 heavy (non-hydrogen) atoms. The van der Waals surface area contributed by atoms with Crippen LogP contribution in [0.3, 0.4) is 0 Å². The lowest BCUT2D eigenvalue weighted by molar-refractivity contribution is 0.311. The molecule has 0 radical (unpaired) electrons. The fourth-order valence-electron chi connectivity index (χ4n) is 1.14. The Hall–Kier alpha value is -0.570. The Balaban J connectivity index is 3.59. The van der Waals surface area contributed by atoms with Crippen LogP contribution in [0.4, 0.5) is 0 Å². The zero-order valence-corrected chi connectivity index (χ0v) is 7.56. The van der Waals surface area contributed by atoms with E-state index in [9.17, 15) is 0 Å². The van der Waals surface area contributed by atoms with Gasteiger partial charge in [-0.05, 0) is 25.9 Å². The second-order valence-electron chi connectivity index (χ2n) is 2.80. The van der Waals surface area contributed by atoms with Crippen molar-refractivity contribution < 1.29 is 0 Å². The first-order chi connectivity index (χ1) is 5.20. The average Bonchev–Trinajstić information content (AvgIpc) is 1.87. The largest absolute Gasteiger partial charge is 0.387 e. The van der Waals surface area contributed by atoms with Crippen molar-refractivity contribution >= 4 is 5.84 Å². The second kappa shape index (κ2) is 6.16. The first kappa shape index (κ1) is 10.4. The van der Waals surface area contributed by atoms with Gasteiger partial charge in [0.1, 0.15) is 5.84 Å². The average molecular weight is 157 g/mol. The van der Waals surface area contributed by atoms with Crippen LogP contribution in [0.2, 0.25) is 0 Å². The molecule has 0 aromatic carbocycles. The Morgan fingerprint density at radius 1 is 1.27 bits per heavy atom. The molecule has 0 aromatic rings. The molecule has 3 N–H and O–H groups in total. The molecular weight excluding hydrogens is 138 g/mol. The van der Waals surface area contributed by atoms with E-state index in [2.05, 4.69) is 18.7 Å². The summed E-state index contributed by atoms with van der Waals surface area (Å²) in [6.07, 6.45) is 2.26. The van der Waals surface area contributed by atoms with Gasteiger partial charge >= 0.3 is 0 Å². The smallest absolute Gasteiger partial charge is 0.105 e. The second-order valence-corrected chi connectivity index (χ2v) is 2.80. The van der Waals surface area contributed by atoms with Gasteiger partial charge in [-0.15, -0.1) is 0 Å². The molecule has 0 spiro atoms. The van der Waals surface area contributed by atoms with E-state index in [0.717, 1.165) is 25.9 Å². The van der Waals surface area contributed by atoms with Crippen LogP contribution in [0, 0.1) is 5.41 Å². The fourth-order valence-corrected chi connectivity index (χ4v) is 1.14. The summed E-state index contributed by atoms with van der Waals surface area (Å²) in [7, 11) is 0. The van der Waals surface area contributed by atoms with Crippen LogP contribution in [-0.2, 0) is 0 Å². The van der Waals surface area contributed by atoms with E-state index >= 15 is 0 Å². The summed E-state index contributed by atoms with van der Waals surface area (Å²) in [6, 6.07) is 0. The van der Waals surface area contributed by atoms with Crippen molar-refractivity contribution in [3.8, 4) is 0 Å². The molecule has 0 bridgehead atoms. The third kappa shape index (κ3) is 5.85. The summed E-state index contributed by atoms with van der Waals surface area (Å²) in [6.45, 7) is 7.01. The predicted molar refractivity (Wildman–Crippen MR) is 48.9 cm³/mol. The number of amidine groups is 1. The van der Waals surface area contributed by atoms with Gasteiger partial charge in [-0.3, -0.25) is 10.3 Å². The van der Waals surface area contributed by atoms with Crippen molar-refractivity contribution in [2.24, 2.45) is 5.73 Å². The molecule has 0 fully saturated rings. The molecule has 0 rings (SSSR count). The van der Waals surface area contributed by atoms with Gasteiger partial charge in [-0.25, -0.2) is 0 Å². The van der Waals surface area contributed by atoms with Crippen LogP contribution in [0.15, 0.2) is 0 Å². The molecule has 0 aromatic heterocycles. The normalized spacial score (nSPS) is 10.5. The minimum absolute atomic E-state index is 0.270. The first-order valence-electron chi connectivity index (χ1n) is 4.26. The molecule has 3 nitrogen and oxygen atoms in total. The van der Waals surface area contributed by atoms with Gasteiger partial charge in [0.2, 0.25) is 0 Å². The summed E-state index contributed by atoms with van der Waals surface area (Å²) in [5, 5.41) is 7.12. The monoisotopic (exact) mass is 157 g/mol. The van der Waals surface area contributed by atoms with Crippen LogP contribution in [0.1, 0.15) is 26.7 Å². The lowest BCUT2D eigenvalue weighted by Crippen LogP contribution is -2.34. The Morgan fingerprint density at radius 2 is 1.73 bits per heavy atom. The summed E-state index contributed by atoms with van der Waals surface area (Å²) in [5.74, 6) is 0.270. The summed E-state index contributed by atoms with van der Waals surface area (Å²) < 4.78 is 0. The number of hydrogen-bond donors (Lipinski definition) is 2. The standard InChI is InChI=1S/C8H19N3/c1-3-5-11(6-4-2)7-8(9)10/h3-7H2,1-2H3,(H3,9,10). The maximum atomic E-state index is 7.12. The molecule has 0 aliphatic heterocycles. The zero-order valence-electron chi connectivity index (χ0n) is 7.56. The Bertz CT molecular complexity index is 106. The van der Waals surface area contributed by atoms with Gasteiger partial charge in [0.25, 0.3) is 0 Å². The van der Waals surface area contributed by atoms with Crippen molar-refractivity contribution in [2.75, 3.05) is 19.6 Å². The summed E-state index contributed by atoms with van der Waals surface area (Å²) in [5.41, 5.74) is 5.30. The maximum Gasteiger partial charge on any atom is 0.105 e. The quantitative estimate of drug-likeness (QED) is 0.447. The van der Waals surface area contributed by atoms with Gasteiger partial charge in [-0.1, -0.05) is 13.8 Å². The van der Waals surface area contributed by atoms with E-state index < -0.39 is 0 Å². The van der Waals surface area contributed by atoms with Crippen LogP contribution in [0.25, 0.3) is 0 Å². The highest BCUT2D eigenvalue weighted by Crippen LogP contribution is 1.92. The van der Waals surface area contributed by atoms with Crippen LogP contribution in [-0.4, -0.2) is 30.4 Å². The highest BCUT2D eigenvalue weighted by atomic mass is 15.1. The molecular formula is C8H19N3. The van der Waals surface area contributed by atoms with Gasteiger partial charge in [0.15, 0.2) is 0 Å². The predicted octanol–water partition coefficient (Wildman–Crippen LogP) is 1.04. The van der Waals surface area contributed by atoms with Crippen molar-refractivity contribution in [2.45, 2.75) is 26.7 Å². The minimum Gasteiger partial charge on any atom is -0.387 e. The van der Waals surface area contributed by atoms with Gasteiger partial charge in [-0.2, -0.15) is 0 Å². The van der Waals surface area contributed by atoms with E-state index in [-0.39, 0.29) is 5.84 Å². The lowest BCUT2D eigenvalue weighted by Gasteiger charge is -2.19. The summed E-state index contributed by atoms with van der Waals surface area (Å²) >= 11 is 0. The van der Waals surface area contributed by atoms with Crippen molar-refractivity contribution in [3.63, 3.8) is 0 Å².